The fraction of sp³-hybridized carbons (Fsp3) is 0.278. The zero-order valence-corrected chi connectivity index (χ0v) is 13.5. The van der Waals surface area contributed by atoms with Gasteiger partial charge < -0.3 is 4.74 Å². The van der Waals surface area contributed by atoms with Gasteiger partial charge in [-0.05, 0) is 37.6 Å². The van der Waals surface area contributed by atoms with Crippen molar-refractivity contribution in [3.8, 4) is 11.1 Å². The van der Waals surface area contributed by atoms with Crippen molar-refractivity contribution in [3.63, 3.8) is 0 Å². The Balaban J connectivity index is 1.99. The van der Waals surface area contributed by atoms with Crippen LogP contribution in [0.3, 0.4) is 0 Å². The maximum Gasteiger partial charge on any atom is 0.313 e. The van der Waals surface area contributed by atoms with Gasteiger partial charge in [0.15, 0.2) is 0 Å². The topological polar surface area (TPSA) is 57.0 Å². The summed E-state index contributed by atoms with van der Waals surface area (Å²) in [6.07, 6.45) is 5.61. The van der Waals surface area contributed by atoms with Crippen molar-refractivity contribution in [2.45, 2.75) is 19.8 Å². The Morgan fingerprint density at radius 3 is 2.78 bits per heavy atom. The number of aryl methyl sites for hydroxylation is 1. The number of pyridine rings is 1. The zero-order chi connectivity index (χ0) is 16.4. The molecule has 0 aliphatic heterocycles. The molecular weight excluding hydrogens is 290 g/mol. The van der Waals surface area contributed by atoms with Crippen molar-refractivity contribution in [3.05, 3.63) is 48.4 Å². The van der Waals surface area contributed by atoms with Crippen LogP contribution in [-0.2, 0) is 16.6 Å². The van der Waals surface area contributed by atoms with Crippen LogP contribution in [0.2, 0.25) is 0 Å². The summed E-state index contributed by atoms with van der Waals surface area (Å²) in [4.78, 5) is 16.4. The van der Waals surface area contributed by atoms with Crippen LogP contribution >= 0.6 is 0 Å². The lowest BCUT2D eigenvalue weighted by atomic mass is 9.98. The number of hydrogen-bond acceptors (Lipinski definition) is 4. The largest absolute Gasteiger partial charge is 0.466 e. The van der Waals surface area contributed by atoms with Crippen molar-refractivity contribution < 1.29 is 9.53 Å². The molecule has 3 aromatic rings. The highest BCUT2D eigenvalue weighted by Gasteiger charge is 2.16. The lowest BCUT2D eigenvalue weighted by molar-refractivity contribution is -0.144. The number of ether oxygens (including phenoxy) is 1. The van der Waals surface area contributed by atoms with Crippen molar-refractivity contribution in [1.29, 1.82) is 0 Å². The standard InChI is InChI=1S/C18H19N3O2/c1-4-23-18(22)12(2)13-5-6-17-14(7-13)8-15(9-19-17)16-10-20-21(3)11-16/h5-12H,4H2,1-3H3. The Hall–Kier alpha value is -2.69. The molecule has 0 radical (unpaired) electrons. The Morgan fingerprint density at radius 1 is 1.26 bits per heavy atom. The molecule has 0 N–H and O–H groups in total. The van der Waals surface area contributed by atoms with Gasteiger partial charge in [0.1, 0.15) is 0 Å². The fourth-order valence-corrected chi connectivity index (χ4v) is 2.55. The summed E-state index contributed by atoms with van der Waals surface area (Å²) in [5.41, 5.74) is 3.86. The third-order valence-electron chi connectivity index (χ3n) is 3.88. The average Bonchev–Trinajstić information content (AvgIpc) is 3.00. The number of carbonyl (C=O) groups is 1. The number of carbonyl (C=O) groups excluding carboxylic acids is 1. The molecule has 0 spiro atoms. The van der Waals surface area contributed by atoms with Gasteiger partial charge in [-0.2, -0.15) is 5.10 Å². The van der Waals surface area contributed by atoms with Gasteiger partial charge in [0.2, 0.25) is 0 Å². The molecule has 0 bridgehead atoms. The molecule has 0 amide bonds. The second-order valence-electron chi connectivity index (χ2n) is 5.55. The molecule has 0 saturated heterocycles. The summed E-state index contributed by atoms with van der Waals surface area (Å²) in [5, 5.41) is 5.19. The van der Waals surface area contributed by atoms with Gasteiger partial charge in [0, 0.05) is 36.0 Å². The van der Waals surface area contributed by atoms with E-state index >= 15 is 0 Å². The van der Waals surface area contributed by atoms with Crippen LogP contribution in [0.5, 0.6) is 0 Å². The highest BCUT2D eigenvalue weighted by Crippen LogP contribution is 2.26. The zero-order valence-electron chi connectivity index (χ0n) is 13.5. The summed E-state index contributed by atoms with van der Waals surface area (Å²) in [6, 6.07) is 7.94. The maximum atomic E-state index is 11.9. The van der Waals surface area contributed by atoms with Crippen LogP contribution in [0.25, 0.3) is 22.0 Å². The van der Waals surface area contributed by atoms with E-state index < -0.39 is 0 Å². The number of esters is 1. The van der Waals surface area contributed by atoms with E-state index in [1.807, 2.05) is 57.7 Å². The van der Waals surface area contributed by atoms with Crippen LogP contribution in [-0.4, -0.2) is 27.3 Å². The molecule has 5 nitrogen and oxygen atoms in total. The van der Waals surface area contributed by atoms with E-state index in [1.165, 1.54) is 0 Å². The minimum Gasteiger partial charge on any atom is -0.466 e. The number of benzene rings is 1. The quantitative estimate of drug-likeness (QED) is 0.694. The molecule has 0 aliphatic rings. The Bertz CT molecular complexity index is 854. The first kappa shape index (κ1) is 15.2. The molecule has 2 aromatic heterocycles. The monoisotopic (exact) mass is 309 g/mol. The molecule has 0 fully saturated rings. The van der Waals surface area contributed by atoms with Crippen molar-refractivity contribution in [2.75, 3.05) is 6.61 Å². The summed E-state index contributed by atoms with van der Waals surface area (Å²) < 4.78 is 6.86. The molecule has 5 heteroatoms. The second-order valence-corrected chi connectivity index (χ2v) is 5.55. The minimum atomic E-state index is -0.290. The highest BCUT2D eigenvalue weighted by molar-refractivity contribution is 5.86. The second kappa shape index (κ2) is 6.20. The van der Waals surface area contributed by atoms with E-state index in [-0.39, 0.29) is 11.9 Å². The molecule has 1 unspecified atom stereocenters. The minimum absolute atomic E-state index is 0.205. The predicted molar refractivity (Wildman–Crippen MR) is 89.0 cm³/mol. The molecule has 1 atom stereocenters. The van der Waals surface area contributed by atoms with E-state index in [0.717, 1.165) is 27.6 Å². The van der Waals surface area contributed by atoms with Gasteiger partial charge in [-0.25, -0.2) is 0 Å². The van der Waals surface area contributed by atoms with E-state index in [9.17, 15) is 4.79 Å². The summed E-state index contributed by atoms with van der Waals surface area (Å²) >= 11 is 0. The number of fused-ring (bicyclic) bond motifs is 1. The molecule has 0 saturated carbocycles. The van der Waals surface area contributed by atoms with Crippen molar-refractivity contribution in [2.24, 2.45) is 7.05 Å². The smallest absolute Gasteiger partial charge is 0.313 e. The van der Waals surface area contributed by atoms with Crippen LogP contribution < -0.4 is 0 Å². The van der Waals surface area contributed by atoms with Gasteiger partial charge in [0.25, 0.3) is 0 Å². The molecule has 2 heterocycles. The Morgan fingerprint density at radius 2 is 2.09 bits per heavy atom. The van der Waals surface area contributed by atoms with Gasteiger partial charge in [-0.3, -0.25) is 14.5 Å². The Kier molecular flexibility index (Phi) is 4.10. The number of rotatable bonds is 4. The van der Waals surface area contributed by atoms with Crippen molar-refractivity contribution in [1.82, 2.24) is 14.8 Å². The highest BCUT2D eigenvalue weighted by atomic mass is 16.5. The van der Waals surface area contributed by atoms with Crippen LogP contribution in [0, 0.1) is 0 Å². The van der Waals surface area contributed by atoms with E-state index in [1.54, 1.807) is 4.68 Å². The first-order valence-electron chi connectivity index (χ1n) is 7.64. The first-order chi connectivity index (χ1) is 11.1. The SMILES string of the molecule is CCOC(=O)C(C)c1ccc2ncc(-c3cnn(C)c3)cc2c1. The molecule has 118 valence electrons. The van der Waals surface area contributed by atoms with Crippen LogP contribution in [0.4, 0.5) is 0 Å². The fourth-order valence-electron chi connectivity index (χ4n) is 2.55. The van der Waals surface area contributed by atoms with Gasteiger partial charge in [0.05, 0.1) is 24.2 Å². The lowest BCUT2D eigenvalue weighted by Gasteiger charge is -2.11. The third kappa shape index (κ3) is 3.08. The summed E-state index contributed by atoms with van der Waals surface area (Å²) in [5.74, 6) is -0.496. The third-order valence-corrected chi connectivity index (χ3v) is 3.88. The van der Waals surface area contributed by atoms with Gasteiger partial charge >= 0.3 is 5.97 Å². The molecule has 0 aliphatic carbocycles. The molecular formula is C18H19N3O2. The molecule has 23 heavy (non-hydrogen) atoms. The van der Waals surface area contributed by atoms with Gasteiger partial charge in [-0.1, -0.05) is 6.07 Å². The lowest BCUT2D eigenvalue weighted by Crippen LogP contribution is -2.12. The Labute approximate surface area is 134 Å². The summed E-state index contributed by atoms with van der Waals surface area (Å²) in [6.45, 7) is 4.07. The van der Waals surface area contributed by atoms with Crippen LogP contribution in [0.1, 0.15) is 25.3 Å². The van der Waals surface area contributed by atoms with E-state index in [2.05, 4.69) is 16.1 Å². The maximum absolute atomic E-state index is 11.9. The van der Waals surface area contributed by atoms with Crippen LogP contribution in [0.15, 0.2) is 42.9 Å². The molecule has 1 aromatic carbocycles. The predicted octanol–water partition coefficient (Wildman–Crippen LogP) is 3.30. The van der Waals surface area contributed by atoms with Gasteiger partial charge in [-0.15, -0.1) is 0 Å². The normalized spacial score (nSPS) is 12.3. The van der Waals surface area contributed by atoms with E-state index in [4.69, 9.17) is 4.74 Å². The number of hydrogen-bond donors (Lipinski definition) is 0. The van der Waals surface area contributed by atoms with Crippen molar-refractivity contribution >= 4 is 16.9 Å². The average molecular weight is 309 g/mol. The van der Waals surface area contributed by atoms with E-state index in [0.29, 0.717) is 6.61 Å². The summed E-state index contributed by atoms with van der Waals surface area (Å²) in [7, 11) is 1.89. The number of nitrogens with zero attached hydrogens (tertiary/aromatic N) is 3. The first-order valence-corrected chi connectivity index (χ1v) is 7.64. The molecule has 3 rings (SSSR count). The number of aromatic nitrogens is 3.